The van der Waals surface area contributed by atoms with Crippen molar-refractivity contribution in [3.8, 4) is 5.75 Å². The van der Waals surface area contributed by atoms with Crippen LogP contribution in [0.1, 0.15) is 20.7 Å². The number of hydrogen-bond donors (Lipinski definition) is 2. The van der Waals surface area contributed by atoms with Gasteiger partial charge in [0.05, 0.1) is 18.1 Å². The van der Waals surface area contributed by atoms with Crippen LogP contribution < -0.4 is 15.4 Å². The first-order valence-electron chi connectivity index (χ1n) is 8.58. The fraction of sp³-hybridized carbons (Fsp3) is 0.0476. The van der Waals surface area contributed by atoms with E-state index in [-0.39, 0.29) is 22.8 Å². The molecule has 0 saturated heterocycles. The number of nitrogens with one attached hydrogen (secondary N) is 2. The van der Waals surface area contributed by atoms with E-state index < -0.39 is 10.8 Å². The molecule has 0 aromatic heterocycles. The SMILES string of the molecule is COc1ccc(NC(=O)c2cccc(NC(=O)c3ccccc3)c2)c([N+](=O)[O-])c1. The highest BCUT2D eigenvalue weighted by Crippen LogP contribution is 2.29. The fourth-order valence-corrected chi connectivity index (χ4v) is 2.62. The van der Waals surface area contributed by atoms with E-state index in [1.807, 2.05) is 0 Å². The molecule has 0 aliphatic carbocycles. The maximum atomic E-state index is 12.6. The zero-order chi connectivity index (χ0) is 20.8. The molecule has 8 heteroatoms. The summed E-state index contributed by atoms with van der Waals surface area (Å²) in [5.41, 5.74) is 0.902. The van der Waals surface area contributed by atoms with Gasteiger partial charge >= 0.3 is 0 Å². The molecule has 0 spiro atoms. The van der Waals surface area contributed by atoms with Crippen LogP contribution in [0.2, 0.25) is 0 Å². The van der Waals surface area contributed by atoms with Gasteiger partial charge in [-0.05, 0) is 42.5 Å². The largest absolute Gasteiger partial charge is 0.496 e. The highest BCUT2D eigenvalue weighted by atomic mass is 16.6. The predicted octanol–water partition coefficient (Wildman–Crippen LogP) is 4.11. The minimum atomic E-state index is -0.603. The standard InChI is InChI=1S/C21H17N3O5/c1-29-17-10-11-18(19(13-17)24(27)28)23-21(26)15-8-5-9-16(12-15)22-20(25)14-6-3-2-4-7-14/h2-13H,1H3,(H,22,25)(H,23,26). The Morgan fingerprint density at radius 2 is 1.55 bits per heavy atom. The lowest BCUT2D eigenvalue weighted by atomic mass is 10.1. The Morgan fingerprint density at radius 3 is 2.24 bits per heavy atom. The van der Waals surface area contributed by atoms with Crippen molar-refractivity contribution in [3.63, 3.8) is 0 Å². The third kappa shape index (κ3) is 4.75. The number of ether oxygens (including phenoxy) is 1. The van der Waals surface area contributed by atoms with Crippen LogP contribution in [-0.2, 0) is 0 Å². The zero-order valence-electron chi connectivity index (χ0n) is 15.4. The molecule has 0 heterocycles. The van der Waals surface area contributed by atoms with Crippen molar-refractivity contribution in [2.75, 3.05) is 17.7 Å². The summed E-state index contributed by atoms with van der Waals surface area (Å²) in [6, 6.07) is 19.1. The van der Waals surface area contributed by atoms with Gasteiger partial charge in [0.2, 0.25) is 0 Å². The van der Waals surface area contributed by atoms with E-state index in [2.05, 4.69) is 10.6 Å². The van der Waals surface area contributed by atoms with Crippen LogP contribution in [0.25, 0.3) is 0 Å². The first-order chi connectivity index (χ1) is 14.0. The summed E-state index contributed by atoms with van der Waals surface area (Å²) in [5.74, 6) is -0.552. The highest BCUT2D eigenvalue weighted by molar-refractivity contribution is 6.08. The molecule has 2 amide bonds. The van der Waals surface area contributed by atoms with E-state index >= 15 is 0 Å². The summed E-state index contributed by atoms with van der Waals surface area (Å²) < 4.78 is 4.98. The molecule has 0 saturated carbocycles. The van der Waals surface area contributed by atoms with Gasteiger partial charge in [-0.3, -0.25) is 19.7 Å². The van der Waals surface area contributed by atoms with E-state index in [0.29, 0.717) is 17.0 Å². The van der Waals surface area contributed by atoms with Gasteiger partial charge in [-0.15, -0.1) is 0 Å². The molecule has 3 aromatic carbocycles. The number of anilines is 2. The summed E-state index contributed by atoms with van der Waals surface area (Å²) in [4.78, 5) is 35.5. The number of methoxy groups -OCH3 is 1. The monoisotopic (exact) mass is 391 g/mol. The maximum absolute atomic E-state index is 12.6. The topological polar surface area (TPSA) is 111 Å². The number of nitro benzene ring substituents is 1. The van der Waals surface area contributed by atoms with Gasteiger partial charge in [0.25, 0.3) is 17.5 Å². The van der Waals surface area contributed by atoms with Crippen molar-refractivity contribution in [2.24, 2.45) is 0 Å². The van der Waals surface area contributed by atoms with E-state index in [1.165, 1.54) is 31.4 Å². The Balaban J connectivity index is 1.78. The molecule has 0 unspecified atom stereocenters. The van der Waals surface area contributed by atoms with Crippen molar-refractivity contribution >= 4 is 28.9 Å². The van der Waals surface area contributed by atoms with Crippen molar-refractivity contribution in [3.05, 3.63) is 94.0 Å². The minimum Gasteiger partial charge on any atom is -0.496 e. The Labute approximate surface area is 166 Å². The molecule has 3 aromatic rings. The Hall–Kier alpha value is -4.20. The first kappa shape index (κ1) is 19.6. The highest BCUT2D eigenvalue weighted by Gasteiger charge is 2.18. The molecule has 0 aliphatic rings. The number of carbonyl (C=O) groups excluding carboxylic acids is 2. The average molecular weight is 391 g/mol. The number of carbonyl (C=O) groups is 2. The second-order valence-electron chi connectivity index (χ2n) is 6.00. The van der Waals surface area contributed by atoms with Gasteiger partial charge in [0, 0.05) is 16.8 Å². The second kappa shape index (κ2) is 8.66. The molecule has 0 bridgehead atoms. The van der Waals surface area contributed by atoms with E-state index in [9.17, 15) is 19.7 Å². The number of nitrogens with zero attached hydrogens (tertiary/aromatic N) is 1. The van der Waals surface area contributed by atoms with Crippen molar-refractivity contribution < 1.29 is 19.2 Å². The van der Waals surface area contributed by atoms with Gasteiger partial charge in [-0.1, -0.05) is 24.3 Å². The lowest BCUT2D eigenvalue weighted by molar-refractivity contribution is -0.384. The van der Waals surface area contributed by atoms with Crippen LogP contribution in [0.5, 0.6) is 5.75 Å². The van der Waals surface area contributed by atoms with Crippen LogP contribution in [-0.4, -0.2) is 23.8 Å². The van der Waals surface area contributed by atoms with Crippen LogP contribution in [0.4, 0.5) is 17.1 Å². The summed E-state index contributed by atoms with van der Waals surface area (Å²) in [6.07, 6.45) is 0. The van der Waals surface area contributed by atoms with Gasteiger partial charge < -0.3 is 15.4 Å². The van der Waals surface area contributed by atoms with Crippen molar-refractivity contribution in [2.45, 2.75) is 0 Å². The van der Waals surface area contributed by atoms with Crippen LogP contribution >= 0.6 is 0 Å². The average Bonchev–Trinajstić information content (AvgIpc) is 2.74. The summed E-state index contributed by atoms with van der Waals surface area (Å²) in [5, 5.41) is 16.5. The van der Waals surface area contributed by atoms with Crippen molar-refractivity contribution in [1.29, 1.82) is 0 Å². The first-order valence-corrected chi connectivity index (χ1v) is 8.58. The Kier molecular flexibility index (Phi) is 5.84. The number of hydrogen-bond acceptors (Lipinski definition) is 5. The van der Waals surface area contributed by atoms with Crippen LogP contribution in [0.3, 0.4) is 0 Å². The summed E-state index contributed by atoms with van der Waals surface area (Å²) in [7, 11) is 1.40. The van der Waals surface area contributed by atoms with Crippen LogP contribution in [0.15, 0.2) is 72.8 Å². The molecule has 2 N–H and O–H groups in total. The third-order valence-electron chi connectivity index (χ3n) is 4.07. The normalized spacial score (nSPS) is 10.1. The molecule has 0 radical (unpaired) electrons. The zero-order valence-corrected chi connectivity index (χ0v) is 15.4. The number of rotatable bonds is 6. The number of benzene rings is 3. The van der Waals surface area contributed by atoms with Gasteiger partial charge in [0.15, 0.2) is 0 Å². The fourth-order valence-electron chi connectivity index (χ4n) is 2.62. The Bertz CT molecular complexity index is 1070. The molecule has 146 valence electrons. The molecule has 3 rings (SSSR count). The maximum Gasteiger partial charge on any atom is 0.296 e. The lowest BCUT2D eigenvalue weighted by Gasteiger charge is -2.09. The summed E-state index contributed by atoms with van der Waals surface area (Å²) in [6.45, 7) is 0. The smallest absolute Gasteiger partial charge is 0.296 e. The van der Waals surface area contributed by atoms with Gasteiger partial charge in [-0.2, -0.15) is 0 Å². The third-order valence-corrected chi connectivity index (χ3v) is 4.07. The van der Waals surface area contributed by atoms with Gasteiger partial charge in [0.1, 0.15) is 11.4 Å². The van der Waals surface area contributed by atoms with E-state index in [4.69, 9.17) is 4.74 Å². The molecular formula is C21H17N3O5. The molecule has 0 atom stereocenters. The molecule has 0 aliphatic heterocycles. The molecular weight excluding hydrogens is 374 g/mol. The quantitative estimate of drug-likeness (QED) is 0.485. The molecule has 8 nitrogen and oxygen atoms in total. The number of nitro groups is 1. The predicted molar refractivity (Wildman–Crippen MR) is 108 cm³/mol. The Morgan fingerprint density at radius 1 is 0.862 bits per heavy atom. The van der Waals surface area contributed by atoms with Crippen LogP contribution in [0, 0.1) is 10.1 Å². The van der Waals surface area contributed by atoms with Crippen molar-refractivity contribution in [1.82, 2.24) is 0 Å². The number of amides is 2. The second-order valence-corrected chi connectivity index (χ2v) is 6.00. The summed E-state index contributed by atoms with van der Waals surface area (Å²) >= 11 is 0. The van der Waals surface area contributed by atoms with Gasteiger partial charge in [-0.25, -0.2) is 0 Å². The minimum absolute atomic E-state index is 0.0412. The van der Waals surface area contributed by atoms with E-state index in [1.54, 1.807) is 48.5 Å². The molecule has 29 heavy (non-hydrogen) atoms. The molecule has 0 fully saturated rings. The van der Waals surface area contributed by atoms with E-state index in [0.717, 1.165) is 0 Å². The lowest BCUT2D eigenvalue weighted by Crippen LogP contribution is -2.15.